The van der Waals surface area contributed by atoms with Crippen molar-refractivity contribution in [2.24, 2.45) is 0 Å². The predicted octanol–water partition coefficient (Wildman–Crippen LogP) is 2.96. The molecule has 0 unspecified atom stereocenters. The van der Waals surface area contributed by atoms with Gasteiger partial charge in [-0.1, -0.05) is 11.8 Å². The molecule has 0 atom stereocenters. The summed E-state index contributed by atoms with van der Waals surface area (Å²) in [5.74, 6) is 1.42. The fraction of sp³-hybridized carbons (Fsp3) is 0.333. The molecule has 5 nitrogen and oxygen atoms in total. The first-order valence-corrected chi connectivity index (χ1v) is 6.32. The van der Waals surface area contributed by atoms with Crippen LogP contribution in [0.3, 0.4) is 0 Å². The van der Waals surface area contributed by atoms with Crippen molar-refractivity contribution in [1.82, 2.24) is 4.98 Å². The van der Waals surface area contributed by atoms with E-state index < -0.39 is 5.97 Å². The van der Waals surface area contributed by atoms with Gasteiger partial charge in [0.05, 0.1) is 24.8 Å². The minimum atomic E-state index is -0.404. The molecule has 2 heterocycles. The normalized spacial score (nSPS) is 10.6. The summed E-state index contributed by atoms with van der Waals surface area (Å²) >= 11 is 1.38. The van der Waals surface area contributed by atoms with Crippen LogP contribution in [-0.2, 0) is 10.5 Å². The van der Waals surface area contributed by atoms with Gasteiger partial charge in [-0.05, 0) is 19.9 Å². The van der Waals surface area contributed by atoms with Crippen LogP contribution < -0.4 is 0 Å². The molecule has 0 fully saturated rings. The van der Waals surface area contributed by atoms with Crippen LogP contribution in [0.4, 0.5) is 0 Å². The van der Waals surface area contributed by atoms with Crippen LogP contribution in [0.2, 0.25) is 0 Å². The zero-order valence-corrected chi connectivity index (χ0v) is 11.2. The van der Waals surface area contributed by atoms with Crippen LogP contribution in [0, 0.1) is 13.8 Å². The molecule has 0 N–H and O–H groups in total. The largest absolute Gasteiger partial charge is 0.468 e. The maximum Gasteiger partial charge on any atom is 0.341 e. The first-order chi connectivity index (χ1) is 8.61. The molecule has 0 amide bonds. The number of methoxy groups -OCH3 is 1. The zero-order chi connectivity index (χ0) is 13.1. The standard InChI is InChI=1S/C12H13NO4S/c1-7-8(2)17-12(13-7)18-6-10-9(4-5-16-10)11(14)15-3/h4-5H,6H2,1-3H3. The summed E-state index contributed by atoms with van der Waals surface area (Å²) in [5.41, 5.74) is 1.30. The summed E-state index contributed by atoms with van der Waals surface area (Å²) in [5, 5.41) is 0.567. The number of aryl methyl sites for hydroxylation is 2. The number of oxazole rings is 1. The number of esters is 1. The molecule has 2 rings (SSSR count). The van der Waals surface area contributed by atoms with Crippen molar-refractivity contribution in [3.05, 3.63) is 35.1 Å². The van der Waals surface area contributed by atoms with E-state index in [0.29, 0.717) is 22.3 Å². The van der Waals surface area contributed by atoms with Gasteiger partial charge in [0.15, 0.2) is 0 Å². The second-order valence-electron chi connectivity index (χ2n) is 3.66. The Hall–Kier alpha value is -1.69. The van der Waals surface area contributed by atoms with Gasteiger partial charge in [0.25, 0.3) is 5.22 Å². The van der Waals surface area contributed by atoms with Crippen molar-refractivity contribution >= 4 is 17.7 Å². The summed E-state index contributed by atoms with van der Waals surface area (Å²) in [6.45, 7) is 3.74. The molecular formula is C12H13NO4S. The number of ether oxygens (including phenoxy) is 1. The van der Waals surface area contributed by atoms with E-state index in [2.05, 4.69) is 9.72 Å². The Balaban J connectivity index is 2.06. The topological polar surface area (TPSA) is 65.5 Å². The van der Waals surface area contributed by atoms with Gasteiger partial charge in [0.2, 0.25) is 0 Å². The molecule has 0 aliphatic heterocycles. The van der Waals surface area contributed by atoms with Crippen molar-refractivity contribution in [3.63, 3.8) is 0 Å². The highest BCUT2D eigenvalue weighted by Crippen LogP contribution is 2.26. The van der Waals surface area contributed by atoms with Crippen LogP contribution in [0.15, 0.2) is 26.4 Å². The van der Waals surface area contributed by atoms with Crippen molar-refractivity contribution in [3.8, 4) is 0 Å². The summed E-state index contributed by atoms with van der Waals surface area (Å²) < 4.78 is 15.4. The van der Waals surface area contributed by atoms with Crippen LogP contribution >= 0.6 is 11.8 Å². The molecule has 0 aromatic carbocycles. The molecule has 18 heavy (non-hydrogen) atoms. The lowest BCUT2D eigenvalue weighted by Gasteiger charge is -1.99. The number of aromatic nitrogens is 1. The van der Waals surface area contributed by atoms with Crippen molar-refractivity contribution < 1.29 is 18.4 Å². The molecule has 0 saturated heterocycles. The van der Waals surface area contributed by atoms with E-state index in [-0.39, 0.29) is 0 Å². The molecule has 0 aliphatic rings. The molecule has 0 saturated carbocycles. The third kappa shape index (κ3) is 2.59. The summed E-state index contributed by atoms with van der Waals surface area (Å²) in [4.78, 5) is 15.7. The average Bonchev–Trinajstić information content (AvgIpc) is 2.93. The number of carbonyl (C=O) groups is 1. The summed E-state index contributed by atoms with van der Waals surface area (Å²) in [7, 11) is 1.34. The van der Waals surface area contributed by atoms with E-state index in [1.165, 1.54) is 25.1 Å². The fourth-order valence-electron chi connectivity index (χ4n) is 1.38. The van der Waals surface area contributed by atoms with Gasteiger partial charge in [-0.2, -0.15) is 0 Å². The highest BCUT2D eigenvalue weighted by atomic mass is 32.2. The van der Waals surface area contributed by atoms with Crippen LogP contribution in [-0.4, -0.2) is 18.1 Å². The molecule has 0 spiro atoms. The molecule has 2 aromatic rings. The first kappa shape index (κ1) is 12.8. The van der Waals surface area contributed by atoms with Gasteiger partial charge in [0, 0.05) is 0 Å². The lowest BCUT2D eigenvalue weighted by Crippen LogP contribution is -2.02. The van der Waals surface area contributed by atoms with E-state index >= 15 is 0 Å². The SMILES string of the molecule is COC(=O)c1ccoc1CSc1nc(C)c(C)o1. The third-order valence-corrected chi connectivity index (χ3v) is 3.31. The van der Waals surface area contributed by atoms with E-state index in [0.717, 1.165) is 11.5 Å². The van der Waals surface area contributed by atoms with Crippen LogP contribution in [0.5, 0.6) is 0 Å². The van der Waals surface area contributed by atoms with Crippen molar-refractivity contribution in [2.75, 3.05) is 7.11 Å². The van der Waals surface area contributed by atoms with Gasteiger partial charge in [-0.15, -0.1) is 0 Å². The highest BCUT2D eigenvalue weighted by Gasteiger charge is 2.16. The lowest BCUT2D eigenvalue weighted by atomic mass is 10.3. The average molecular weight is 267 g/mol. The third-order valence-electron chi connectivity index (χ3n) is 2.49. The molecule has 0 aliphatic carbocycles. The molecule has 6 heteroatoms. The Bertz CT molecular complexity index is 539. The molecule has 0 radical (unpaired) electrons. The van der Waals surface area contributed by atoms with Crippen molar-refractivity contribution in [1.29, 1.82) is 0 Å². The summed E-state index contributed by atoms with van der Waals surface area (Å²) in [6.07, 6.45) is 1.47. The molecule has 96 valence electrons. The monoisotopic (exact) mass is 267 g/mol. The number of furan rings is 1. The maximum absolute atomic E-state index is 11.4. The number of nitrogens with zero attached hydrogens (tertiary/aromatic N) is 1. The summed E-state index contributed by atoms with van der Waals surface area (Å²) in [6, 6.07) is 1.59. The predicted molar refractivity (Wildman–Crippen MR) is 65.6 cm³/mol. The zero-order valence-electron chi connectivity index (χ0n) is 10.4. The van der Waals surface area contributed by atoms with Crippen LogP contribution in [0.25, 0.3) is 0 Å². The van der Waals surface area contributed by atoms with Gasteiger partial charge in [0.1, 0.15) is 17.1 Å². The van der Waals surface area contributed by atoms with E-state index in [9.17, 15) is 4.79 Å². The number of rotatable bonds is 4. The molecule has 2 aromatic heterocycles. The Morgan fingerprint density at radius 1 is 1.50 bits per heavy atom. The number of hydrogen-bond donors (Lipinski definition) is 0. The minimum absolute atomic E-state index is 0.404. The maximum atomic E-state index is 11.4. The second kappa shape index (κ2) is 5.30. The quantitative estimate of drug-likeness (QED) is 0.626. The van der Waals surface area contributed by atoms with E-state index in [1.807, 2.05) is 13.8 Å². The van der Waals surface area contributed by atoms with Gasteiger partial charge < -0.3 is 13.6 Å². The fourth-order valence-corrected chi connectivity index (χ4v) is 2.24. The Kier molecular flexibility index (Phi) is 3.76. The Morgan fingerprint density at radius 3 is 2.89 bits per heavy atom. The Labute approximate surface area is 109 Å². The number of hydrogen-bond acceptors (Lipinski definition) is 6. The first-order valence-electron chi connectivity index (χ1n) is 5.33. The number of carbonyl (C=O) groups excluding carboxylic acids is 1. The molecule has 0 bridgehead atoms. The van der Waals surface area contributed by atoms with Crippen molar-refractivity contribution in [2.45, 2.75) is 24.8 Å². The van der Waals surface area contributed by atoms with E-state index in [1.54, 1.807) is 6.07 Å². The second-order valence-corrected chi connectivity index (χ2v) is 4.59. The minimum Gasteiger partial charge on any atom is -0.468 e. The van der Waals surface area contributed by atoms with Gasteiger partial charge >= 0.3 is 5.97 Å². The van der Waals surface area contributed by atoms with Gasteiger partial charge in [-0.25, -0.2) is 9.78 Å². The van der Waals surface area contributed by atoms with Crippen LogP contribution in [0.1, 0.15) is 27.6 Å². The molecular weight excluding hydrogens is 254 g/mol. The smallest absolute Gasteiger partial charge is 0.341 e. The number of thioether (sulfide) groups is 1. The highest BCUT2D eigenvalue weighted by molar-refractivity contribution is 7.98. The van der Waals surface area contributed by atoms with Gasteiger partial charge in [-0.3, -0.25) is 0 Å². The lowest BCUT2D eigenvalue weighted by molar-refractivity contribution is 0.0598. The van der Waals surface area contributed by atoms with E-state index in [4.69, 9.17) is 8.83 Å². The Morgan fingerprint density at radius 2 is 2.28 bits per heavy atom.